The van der Waals surface area contributed by atoms with Gasteiger partial charge in [0.25, 0.3) is 0 Å². The molecule has 9 rings (SSSR count). The Morgan fingerprint density at radius 1 is 0.661 bits per heavy atom. The monoisotopic (exact) mass is 1700 g/mol. The van der Waals surface area contributed by atoms with Crippen LogP contribution in [0.1, 0.15) is 128 Å². The average Bonchev–Trinajstić information content (AvgIpc) is 1.62. The van der Waals surface area contributed by atoms with Crippen LogP contribution in [0, 0.1) is 0 Å². The summed E-state index contributed by atoms with van der Waals surface area (Å²) in [6.07, 6.45) is 21.5. The Hall–Kier alpha value is -7.19. The van der Waals surface area contributed by atoms with Crippen molar-refractivity contribution in [2.45, 2.75) is 160 Å². The van der Waals surface area contributed by atoms with Gasteiger partial charge in [0.2, 0.25) is 0 Å². The Kier molecular flexibility index (Phi) is 28.9. The third-order valence-electron chi connectivity index (χ3n) is 19.2. The summed E-state index contributed by atoms with van der Waals surface area (Å²) in [4.78, 5) is 27.0. The van der Waals surface area contributed by atoms with Crippen LogP contribution >= 0.6 is 28.0 Å². The van der Waals surface area contributed by atoms with Gasteiger partial charge in [-0.2, -0.15) is 4.33 Å². The van der Waals surface area contributed by atoms with Crippen LogP contribution in [0.15, 0.2) is 181 Å². The fourth-order valence-electron chi connectivity index (χ4n) is 14.4. The average molecular weight is 1710 g/mol. The number of anilines is 2. The van der Waals surface area contributed by atoms with Crippen molar-refractivity contribution in [2.24, 2.45) is 4.99 Å². The topological polar surface area (TPSA) is 495 Å². The van der Waals surface area contributed by atoms with Gasteiger partial charge in [0.1, 0.15) is 48.3 Å². The summed E-state index contributed by atoms with van der Waals surface area (Å²) < 4.78 is 221. The van der Waals surface area contributed by atoms with Gasteiger partial charge >= 0.3 is 17.8 Å². The summed E-state index contributed by atoms with van der Waals surface area (Å²) in [7, 11) is -29.4. The number of aliphatic carboxylic acids is 2. The van der Waals surface area contributed by atoms with E-state index in [1.807, 2.05) is 82.3 Å². The van der Waals surface area contributed by atoms with Crippen LogP contribution < -0.4 is 24.9 Å². The number of hydrogen-bond donors (Lipinski definition) is 4. The predicted octanol–water partition coefficient (Wildman–Crippen LogP) is 8.02. The lowest BCUT2D eigenvalue weighted by atomic mass is 9.72. The highest BCUT2D eigenvalue weighted by molar-refractivity contribution is 9.10. The fourth-order valence-corrected chi connectivity index (χ4v) is 19.2. The number of allylic oxidation sites excluding steroid dienone is 8. The fraction of sp³-hybridized carbons (Fsp3) is 0.380. The minimum Gasteiger partial charge on any atom is -0.748 e. The first-order valence-corrected chi connectivity index (χ1v) is 44.5. The first-order valence-electron chi connectivity index (χ1n) is 34.0. The SMILES string of the molecule is CC1(C)C(/C=C/C=C/C=C2\N(CCCS(=O)(=O)[O-])c3ccc4cc(S(=O)(=O)[O-])c(S(=O)(=O)[O-])cc4c3C2(C)CCCCCC(=O)O)=Nc2c1cc(Br)c[n+]2CCCS(=O)(=O)[O-].CC1(CCCCCC(=O)O)c2c(ccc3c(SOO[O-])cc(S(=O)(=O)[O-])cc23)[NH+](CCCS(=O)(=O)[O-])C1/C=C/C=C/Nc1ccccc1. The highest BCUT2D eigenvalue weighted by atomic mass is 79.9. The molecule has 5 aromatic carbocycles. The van der Waals surface area contributed by atoms with E-state index in [9.17, 15) is 97.8 Å². The van der Waals surface area contributed by atoms with Gasteiger partial charge in [0, 0.05) is 88.3 Å². The number of para-hydroxylation sites is 1. The van der Waals surface area contributed by atoms with Crippen LogP contribution in [0.3, 0.4) is 0 Å². The molecule has 0 aliphatic carbocycles. The van der Waals surface area contributed by atoms with E-state index < -0.39 is 121 Å². The van der Waals surface area contributed by atoms with E-state index in [2.05, 4.69) is 30.6 Å². The van der Waals surface area contributed by atoms with Gasteiger partial charge in [-0.25, -0.2) is 55.1 Å². The largest absolute Gasteiger partial charge is 0.748 e. The van der Waals surface area contributed by atoms with Crippen LogP contribution in [0.2, 0.25) is 0 Å². The standard InChI is InChI=1S/C39H46BrN3O14S4.C32H38N2O11S3/c1-38(2)29-23-27(40)25-42(18-10-20-58(46,47)48)37(29)41-33(38)12-6-4-7-13-34-39(3,17-9-5-8-14-35(44)45)36-28-24-32(61(55,56)57)31(60(52,53)54)22-26(28)15-16-30(36)43(34)19-11-21-59(49,50)51;1-32(17-8-3-6-14-30(35)36)29(13-7-9-18-33-23-11-4-2-5-12-23)34(19-10-20-47(38,39)40)27-16-15-25-26(31(27)32)21-24(48(41,42)43)22-28(25)46-45-44-37/h4,6-7,12-13,15-16,22-25H,5,8-11,14,17-21H2,1-3H3,(H4-,44,45,46,47,48,49,50,51,52,53,54,55,56,57);2,4-5,7,9,11-13,15-16,18,21-22,29,33,37H,3,6,8,10,14,17,19-20H2,1H3,(H,35,36)(H,38,39,40)(H,41,42,43)/p-5/b;13-7+,18-9+. The molecule has 3 aliphatic rings. The van der Waals surface area contributed by atoms with E-state index in [0.717, 1.165) is 44.5 Å². The molecule has 0 saturated carbocycles. The number of benzene rings is 5. The number of pyridine rings is 1. The molecule has 4 unspecified atom stereocenters. The van der Waals surface area contributed by atoms with Crippen molar-refractivity contribution < 1.29 is 122 Å². The maximum absolute atomic E-state index is 12.4. The molecule has 6 aromatic rings. The van der Waals surface area contributed by atoms with Gasteiger partial charge in [-0.3, -0.25) is 19.5 Å². The van der Waals surface area contributed by atoms with Crippen molar-refractivity contribution in [3.63, 3.8) is 0 Å². The maximum atomic E-state index is 12.4. The first kappa shape index (κ1) is 87.4. The van der Waals surface area contributed by atoms with Gasteiger partial charge in [0.05, 0.1) is 91.0 Å². The molecule has 3 aliphatic heterocycles. The minimum absolute atomic E-state index is 0.00685. The highest BCUT2D eigenvalue weighted by Gasteiger charge is 2.52. The molecule has 4 heterocycles. The molecule has 0 fully saturated rings. The second kappa shape index (κ2) is 36.1. The van der Waals surface area contributed by atoms with E-state index in [1.165, 1.54) is 12.1 Å². The number of rotatable bonds is 37. The lowest BCUT2D eigenvalue weighted by molar-refractivity contribution is -0.850. The summed E-state index contributed by atoms with van der Waals surface area (Å²) in [5.41, 5.74) is 2.84. The number of nitrogens with one attached hydrogen (secondary N) is 2. The molecule has 109 heavy (non-hydrogen) atoms. The van der Waals surface area contributed by atoms with E-state index in [1.54, 1.807) is 70.5 Å². The van der Waals surface area contributed by atoms with Gasteiger partial charge in [0.15, 0.2) is 5.71 Å². The number of halogens is 1. The molecular weight excluding hydrogens is 1630 g/mol. The van der Waals surface area contributed by atoms with Gasteiger partial charge in [-0.05, 0) is 193 Å². The summed E-state index contributed by atoms with van der Waals surface area (Å²) >= 11 is 3.96. The number of carbonyl (C=O) groups is 2. The lowest BCUT2D eigenvalue weighted by Gasteiger charge is -2.32. The quantitative estimate of drug-likeness (QED) is 0.00545. The molecule has 38 heteroatoms. The number of nitrogens with zero attached hydrogens (tertiary/aromatic N) is 3. The molecular formula is C71H79BrN5O25S7-5. The molecule has 0 bridgehead atoms. The Bertz CT molecular complexity index is 5350. The maximum Gasteiger partial charge on any atom is 0.327 e. The number of hydrogen-bond acceptors (Lipinski definition) is 27. The molecule has 0 spiro atoms. The van der Waals surface area contributed by atoms with E-state index in [4.69, 9.17) is 10.1 Å². The Morgan fingerprint density at radius 2 is 1.28 bits per heavy atom. The number of carboxylic acid groups (broad SMARTS) is 2. The number of aliphatic imine (C=N–C) groups is 1. The Balaban J connectivity index is 0.000000282. The van der Waals surface area contributed by atoms with Crippen LogP contribution in [-0.4, -0.2) is 142 Å². The molecule has 4 atom stereocenters. The highest BCUT2D eigenvalue weighted by Crippen LogP contribution is 2.55. The number of aryl methyl sites for hydroxylation is 1. The molecule has 1 aromatic heterocycles. The number of unbranched alkanes of at least 4 members (excludes halogenated alkanes) is 4. The third-order valence-corrected chi connectivity index (χ3v) is 25.4. The van der Waals surface area contributed by atoms with Crippen LogP contribution in [0.25, 0.3) is 21.5 Å². The molecule has 4 N–H and O–H groups in total. The van der Waals surface area contributed by atoms with Crippen LogP contribution in [-0.2, 0) is 102 Å². The van der Waals surface area contributed by atoms with Crippen molar-refractivity contribution >= 4 is 151 Å². The zero-order chi connectivity index (χ0) is 80.3. The first-order chi connectivity index (χ1) is 50.9. The second-order valence-corrected chi connectivity index (χ2v) is 37.5. The normalized spacial score (nSPS) is 19.2. The number of carboxylic acids is 2. The number of fused-ring (bicyclic) bond motifs is 7. The zero-order valence-electron chi connectivity index (χ0n) is 59.2. The number of aromatic nitrogens is 1. The van der Waals surface area contributed by atoms with Gasteiger partial charge in [-0.1, -0.05) is 74.3 Å². The summed E-state index contributed by atoms with van der Waals surface area (Å²) in [6.45, 7) is 8.20. The van der Waals surface area contributed by atoms with Crippen molar-refractivity contribution in [1.29, 1.82) is 0 Å². The zero-order valence-corrected chi connectivity index (χ0v) is 66.5. The van der Waals surface area contributed by atoms with Crippen molar-refractivity contribution in [1.82, 2.24) is 0 Å². The minimum atomic E-state index is -5.50. The van der Waals surface area contributed by atoms with E-state index in [0.29, 0.717) is 108 Å². The molecule has 0 amide bonds. The lowest BCUT2D eigenvalue weighted by Crippen LogP contribution is -3.11. The summed E-state index contributed by atoms with van der Waals surface area (Å²) in [5, 5.41) is 36.8. The number of quaternary nitrogens is 1. The predicted molar refractivity (Wildman–Crippen MR) is 399 cm³/mol. The smallest absolute Gasteiger partial charge is 0.327 e. The second-order valence-electron chi connectivity index (χ2n) is 27.2. The van der Waals surface area contributed by atoms with E-state index in [-0.39, 0.29) is 73.4 Å². The molecule has 0 saturated heterocycles. The Labute approximate surface area is 645 Å². The third kappa shape index (κ3) is 22.8. The summed E-state index contributed by atoms with van der Waals surface area (Å²) in [5.74, 6) is -3.09. The summed E-state index contributed by atoms with van der Waals surface area (Å²) in [6, 6.07) is 21.7. The Morgan fingerprint density at radius 3 is 1.90 bits per heavy atom. The van der Waals surface area contributed by atoms with E-state index >= 15 is 0 Å². The van der Waals surface area contributed by atoms with Crippen molar-refractivity contribution in [2.75, 3.05) is 40.6 Å². The van der Waals surface area contributed by atoms with Gasteiger partial charge < -0.3 is 53.0 Å². The molecule has 0 radical (unpaired) electrons. The van der Waals surface area contributed by atoms with Crippen LogP contribution in [0.4, 0.5) is 22.9 Å². The van der Waals surface area contributed by atoms with Crippen molar-refractivity contribution in [3.8, 4) is 0 Å². The molecule has 592 valence electrons. The van der Waals surface area contributed by atoms with Gasteiger partial charge in [-0.15, -0.1) is 0 Å². The van der Waals surface area contributed by atoms with Crippen LogP contribution in [0.5, 0.6) is 0 Å². The van der Waals surface area contributed by atoms with Crippen molar-refractivity contribution in [3.05, 3.63) is 173 Å². The molecule has 30 nitrogen and oxygen atoms in total.